The average Bonchev–Trinajstić information content (AvgIpc) is 2.58. The van der Waals surface area contributed by atoms with Crippen LogP contribution in [0.15, 0.2) is 24.3 Å². The van der Waals surface area contributed by atoms with E-state index in [1.54, 1.807) is 12.1 Å². The van der Waals surface area contributed by atoms with Crippen molar-refractivity contribution in [2.24, 2.45) is 0 Å². The minimum Gasteiger partial charge on any atom is -0.311 e. The molecule has 0 aromatic heterocycles. The van der Waals surface area contributed by atoms with Gasteiger partial charge in [0.2, 0.25) is 0 Å². The van der Waals surface area contributed by atoms with Crippen molar-refractivity contribution >= 4 is 0 Å². The van der Waals surface area contributed by atoms with Gasteiger partial charge < -0.3 is 5.32 Å². The SMILES string of the molecule is CCC1(Cc2ccccc2F)CCCCCN1. The van der Waals surface area contributed by atoms with Crippen molar-refractivity contribution in [2.75, 3.05) is 6.54 Å². The molecule has 1 aromatic carbocycles. The first kappa shape index (κ1) is 12.6. The summed E-state index contributed by atoms with van der Waals surface area (Å²) in [6, 6.07) is 7.17. The van der Waals surface area contributed by atoms with E-state index < -0.39 is 0 Å². The predicted molar refractivity (Wildman–Crippen MR) is 69.6 cm³/mol. The van der Waals surface area contributed by atoms with E-state index in [2.05, 4.69) is 12.2 Å². The summed E-state index contributed by atoms with van der Waals surface area (Å²) in [7, 11) is 0. The maximum absolute atomic E-state index is 13.7. The van der Waals surface area contributed by atoms with Crippen molar-refractivity contribution in [1.82, 2.24) is 5.32 Å². The molecule has 2 rings (SSSR count). The Morgan fingerprint density at radius 1 is 1.24 bits per heavy atom. The van der Waals surface area contributed by atoms with Crippen LogP contribution in [-0.2, 0) is 6.42 Å². The fourth-order valence-electron chi connectivity index (χ4n) is 2.79. The summed E-state index contributed by atoms with van der Waals surface area (Å²) < 4.78 is 13.7. The maximum atomic E-state index is 13.7. The van der Waals surface area contributed by atoms with E-state index in [4.69, 9.17) is 0 Å². The van der Waals surface area contributed by atoms with Crippen LogP contribution in [0.2, 0.25) is 0 Å². The zero-order valence-corrected chi connectivity index (χ0v) is 10.6. The van der Waals surface area contributed by atoms with Gasteiger partial charge in [-0.15, -0.1) is 0 Å². The molecule has 1 aromatic rings. The summed E-state index contributed by atoms with van der Waals surface area (Å²) in [5.41, 5.74) is 0.961. The molecule has 1 atom stereocenters. The van der Waals surface area contributed by atoms with Crippen LogP contribution in [0.5, 0.6) is 0 Å². The fourth-order valence-corrected chi connectivity index (χ4v) is 2.79. The number of hydrogen-bond acceptors (Lipinski definition) is 1. The van der Waals surface area contributed by atoms with Gasteiger partial charge in [-0.1, -0.05) is 38.0 Å². The lowest BCUT2D eigenvalue weighted by Gasteiger charge is -2.33. The molecule has 1 N–H and O–H groups in total. The normalized spacial score (nSPS) is 25.5. The highest BCUT2D eigenvalue weighted by Crippen LogP contribution is 2.27. The highest BCUT2D eigenvalue weighted by atomic mass is 19.1. The summed E-state index contributed by atoms with van der Waals surface area (Å²) in [6.07, 6.45) is 6.86. The van der Waals surface area contributed by atoms with E-state index in [1.165, 1.54) is 19.3 Å². The molecule has 17 heavy (non-hydrogen) atoms. The lowest BCUT2D eigenvalue weighted by Crippen LogP contribution is -2.46. The Labute approximate surface area is 103 Å². The molecule has 1 aliphatic rings. The monoisotopic (exact) mass is 235 g/mol. The van der Waals surface area contributed by atoms with Crippen molar-refractivity contribution < 1.29 is 4.39 Å². The first-order valence-electron chi connectivity index (χ1n) is 6.74. The first-order valence-corrected chi connectivity index (χ1v) is 6.74. The molecule has 1 unspecified atom stereocenters. The molecule has 1 nitrogen and oxygen atoms in total. The van der Waals surface area contributed by atoms with Crippen LogP contribution in [0, 0.1) is 5.82 Å². The Bertz CT molecular complexity index is 354. The Kier molecular flexibility index (Phi) is 4.16. The average molecular weight is 235 g/mol. The van der Waals surface area contributed by atoms with Crippen LogP contribution in [0.4, 0.5) is 4.39 Å². The molecule has 0 saturated carbocycles. The van der Waals surface area contributed by atoms with E-state index >= 15 is 0 Å². The van der Waals surface area contributed by atoms with Crippen LogP contribution in [-0.4, -0.2) is 12.1 Å². The standard InChI is InChI=1S/C15H22FN/c1-2-15(10-6-3-7-11-17-15)12-13-8-4-5-9-14(13)16/h4-5,8-9,17H,2-3,6-7,10-12H2,1H3. The molecule has 1 fully saturated rings. The van der Waals surface area contributed by atoms with E-state index in [1.807, 2.05) is 12.1 Å². The van der Waals surface area contributed by atoms with E-state index in [0.717, 1.165) is 31.4 Å². The topological polar surface area (TPSA) is 12.0 Å². The van der Waals surface area contributed by atoms with Crippen LogP contribution < -0.4 is 5.32 Å². The van der Waals surface area contributed by atoms with E-state index in [9.17, 15) is 4.39 Å². The summed E-state index contributed by atoms with van der Waals surface area (Å²) in [5, 5.41) is 3.65. The van der Waals surface area contributed by atoms with Gasteiger partial charge in [-0.3, -0.25) is 0 Å². The minimum absolute atomic E-state index is 0.0635. The molecule has 94 valence electrons. The number of hydrogen-bond donors (Lipinski definition) is 1. The molecule has 0 amide bonds. The van der Waals surface area contributed by atoms with Crippen molar-refractivity contribution in [3.63, 3.8) is 0 Å². The highest BCUT2D eigenvalue weighted by molar-refractivity contribution is 5.20. The Morgan fingerprint density at radius 3 is 2.82 bits per heavy atom. The molecule has 1 saturated heterocycles. The predicted octanol–water partition coefficient (Wildman–Crippen LogP) is 3.68. The third kappa shape index (κ3) is 3.06. The molecular weight excluding hydrogens is 213 g/mol. The quantitative estimate of drug-likeness (QED) is 0.842. The van der Waals surface area contributed by atoms with Crippen molar-refractivity contribution in [3.05, 3.63) is 35.6 Å². The van der Waals surface area contributed by atoms with Gasteiger partial charge in [0.1, 0.15) is 5.82 Å². The molecule has 1 heterocycles. The van der Waals surface area contributed by atoms with E-state index in [-0.39, 0.29) is 11.4 Å². The summed E-state index contributed by atoms with van der Waals surface area (Å²) in [4.78, 5) is 0. The molecule has 0 radical (unpaired) electrons. The van der Waals surface area contributed by atoms with Crippen LogP contribution in [0.1, 0.15) is 44.6 Å². The molecule has 0 bridgehead atoms. The third-order valence-electron chi connectivity index (χ3n) is 4.00. The van der Waals surface area contributed by atoms with Crippen LogP contribution in [0.3, 0.4) is 0 Å². The van der Waals surface area contributed by atoms with Gasteiger partial charge in [-0.2, -0.15) is 0 Å². The molecular formula is C15H22FN. The Morgan fingerprint density at radius 2 is 2.06 bits per heavy atom. The number of benzene rings is 1. The smallest absolute Gasteiger partial charge is 0.126 e. The fraction of sp³-hybridized carbons (Fsp3) is 0.600. The second-order valence-corrected chi connectivity index (χ2v) is 5.14. The van der Waals surface area contributed by atoms with Crippen molar-refractivity contribution in [2.45, 2.75) is 51.0 Å². The van der Waals surface area contributed by atoms with Crippen LogP contribution in [0.25, 0.3) is 0 Å². The Hall–Kier alpha value is -0.890. The number of halogens is 1. The minimum atomic E-state index is -0.0635. The number of rotatable bonds is 3. The molecule has 2 heteroatoms. The molecule has 1 aliphatic heterocycles. The zero-order chi connectivity index (χ0) is 12.1. The lowest BCUT2D eigenvalue weighted by atomic mass is 9.84. The van der Waals surface area contributed by atoms with Crippen molar-refractivity contribution in [3.8, 4) is 0 Å². The summed E-state index contributed by atoms with van der Waals surface area (Å²) in [5.74, 6) is -0.0635. The number of nitrogens with one attached hydrogen (secondary N) is 1. The van der Waals surface area contributed by atoms with Gasteiger partial charge in [-0.25, -0.2) is 4.39 Å². The first-order chi connectivity index (χ1) is 8.26. The van der Waals surface area contributed by atoms with Crippen LogP contribution >= 0.6 is 0 Å². The molecule has 0 spiro atoms. The van der Waals surface area contributed by atoms with Gasteiger partial charge in [0.05, 0.1) is 0 Å². The van der Waals surface area contributed by atoms with Gasteiger partial charge in [0.25, 0.3) is 0 Å². The zero-order valence-electron chi connectivity index (χ0n) is 10.6. The summed E-state index contributed by atoms with van der Waals surface area (Å²) in [6.45, 7) is 3.28. The summed E-state index contributed by atoms with van der Waals surface area (Å²) >= 11 is 0. The molecule has 0 aliphatic carbocycles. The second-order valence-electron chi connectivity index (χ2n) is 5.14. The van der Waals surface area contributed by atoms with Crippen molar-refractivity contribution in [1.29, 1.82) is 0 Å². The Balaban J connectivity index is 2.15. The van der Waals surface area contributed by atoms with Gasteiger partial charge in [0, 0.05) is 5.54 Å². The second kappa shape index (κ2) is 5.63. The largest absolute Gasteiger partial charge is 0.311 e. The lowest BCUT2D eigenvalue weighted by molar-refractivity contribution is 0.299. The van der Waals surface area contributed by atoms with Gasteiger partial charge in [-0.05, 0) is 43.9 Å². The van der Waals surface area contributed by atoms with Gasteiger partial charge >= 0.3 is 0 Å². The third-order valence-corrected chi connectivity index (χ3v) is 4.00. The maximum Gasteiger partial charge on any atom is 0.126 e. The van der Waals surface area contributed by atoms with Gasteiger partial charge in [0.15, 0.2) is 0 Å². The highest BCUT2D eigenvalue weighted by Gasteiger charge is 2.29. The van der Waals surface area contributed by atoms with E-state index in [0.29, 0.717) is 0 Å².